The van der Waals surface area contributed by atoms with Crippen molar-refractivity contribution in [3.8, 4) is 0 Å². The van der Waals surface area contributed by atoms with Gasteiger partial charge in [-0.25, -0.2) is 13.1 Å². The van der Waals surface area contributed by atoms with Gasteiger partial charge in [0, 0.05) is 6.07 Å². The molecule has 2 N–H and O–H groups in total. The van der Waals surface area contributed by atoms with Crippen LogP contribution in [-0.4, -0.2) is 26.3 Å². The van der Waals surface area contributed by atoms with Crippen LogP contribution >= 0.6 is 11.6 Å². The Morgan fingerprint density at radius 2 is 1.92 bits per heavy atom. The third-order valence-electron chi connectivity index (χ3n) is 3.51. The predicted molar refractivity (Wildman–Crippen MR) is 93.5 cm³/mol. The van der Waals surface area contributed by atoms with Gasteiger partial charge in [-0.1, -0.05) is 17.7 Å². The number of carbonyl (C=O) groups is 1. The van der Waals surface area contributed by atoms with Crippen LogP contribution in [0.3, 0.4) is 0 Å². The van der Waals surface area contributed by atoms with E-state index in [1.807, 2.05) is 0 Å². The Labute approximate surface area is 149 Å². The summed E-state index contributed by atoms with van der Waals surface area (Å²) in [6, 6.07) is 7.95. The molecule has 2 aromatic rings. The molecule has 0 radical (unpaired) electrons. The number of hydrogen-bond acceptors (Lipinski definition) is 5. The highest BCUT2D eigenvalue weighted by atomic mass is 35.5. The van der Waals surface area contributed by atoms with Crippen LogP contribution in [0.1, 0.15) is 15.9 Å². The molecular formula is C15H14ClN3O5S. The molecule has 25 heavy (non-hydrogen) atoms. The maximum absolute atomic E-state index is 12.5. The molecule has 132 valence electrons. The number of anilines is 1. The van der Waals surface area contributed by atoms with Gasteiger partial charge in [-0.05, 0) is 38.2 Å². The van der Waals surface area contributed by atoms with Crippen molar-refractivity contribution in [1.82, 2.24) is 4.72 Å². The van der Waals surface area contributed by atoms with Crippen molar-refractivity contribution in [3.63, 3.8) is 0 Å². The van der Waals surface area contributed by atoms with Crippen molar-refractivity contribution in [2.75, 3.05) is 12.4 Å². The molecule has 0 unspecified atom stereocenters. The van der Waals surface area contributed by atoms with Gasteiger partial charge in [-0.2, -0.15) is 0 Å². The maximum Gasteiger partial charge on any atom is 0.274 e. The molecule has 2 rings (SSSR count). The van der Waals surface area contributed by atoms with Crippen LogP contribution in [0.4, 0.5) is 11.4 Å². The number of nitro benzene ring substituents is 1. The summed E-state index contributed by atoms with van der Waals surface area (Å²) in [5.74, 6) is -0.679. The van der Waals surface area contributed by atoms with Crippen LogP contribution in [-0.2, 0) is 10.0 Å². The Morgan fingerprint density at radius 1 is 1.24 bits per heavy atom. The standard InChI is InChI=1S/C15H14ClN3O5S/c1-9-13(4-3-5-14(9)19(21)22)18-15(20)11-8-10(6-7-12(11)16)25(23,24)17-2/h3-8,17H,1-2H3,(H,18,20). The van der Waals surface area contributed by atoms with E-state index in [4.69, 9.17) is 11.6 Å². The molecule has 10 heteroatoms. The zero-order valence-electron chi connectivity index (χ0n) is 13.2. The third kappa shape index (κ3) is 3.95. The molecule has 0 aliphatic carbocycles. The van der Waals surface area contributed by atoms with Gasteiger partial charge in [-0.3, -0.25) is 14.9 Å². The van der Waals surface area contributed by atoms with Gasteiger partial charge < -0.3 is 5.32 Å². The van der Waals surface area contributed by atoms with Gasteiger partial charge in [0.15, 0.2) is 0 Å². The van der Waals surface area contributed by atoms with Gasteiger partial charge in [0.2, 0.25) is 10.0 Å². The number of carbonyl (C=O) groups excluding carboxylic acids is 1. The molecule has 2 aromatic carbocycles. The van der Waals surface area contributed by atoms with E-state index in [9.17, 15) is 23.3 Å². The first kappa shape index (κ1) is 18.8. The number of nitro groups is 1. The van der Waals surface area contributed by atoms with E-state index in [1.165, 1.54) is 44.3 Å². The van der Waals surface area contributed by atoms with E-state index in [1.54, 1.807) is 0 Å². The minimum atomic E-state index is -3.75. The fraction of sp³-hybridized carbons (Fsp3) is 0.133. The molecule has 0 atom stereocenters. The summed E-state index contributed by atoms with van der Waals surface area (Å²) in [6.07, 6.45) is 0. The molecule has 0 spiro atoms. The van der Waals surface area contributed by atoms with Gasteiger partial charge in [0.25, 0.3) is 11.6 Å². The quantitative estimate of drug-likeness (QED) is 0.607. The molecule has 0 fully saturated rings. The number of sulfonamides is 1. The molecule has 0 heterocycles. The number of nitrogens with one attached hydrogen (secondary N) is 2. The normalized spacial score (nSPS) is 11.2. The van der Waals surface area contributed by atoms with Crippen LogP contribution in [0.15, 0.2) is 41.3 Å². The first-order chi connectivity index (χ1) is 11.7. The monoisotopic (exact) mass is 383 g/mol. The molecule has 0 saturated carbocycles. The average molecular weight is 384 g/mol. The van der Waals surface area contributed by atoms with Gasteiger partial charge in [-0.15, -0.1) is 0 Å². The van der Waals surface area contributed by atoms with Crippen LogP contribution in [0.25, 0.3) is 0 Å². The fourth-order valence-electron chi connectivity index (χ4n) is 2.11. The molecule has 0 bridgehead atoms. The Bertz CT molecular complexity index is 960. The van der Waals surface area contributed by atoms with Crippen molar-refractivity contribution < 1.29 is 18.1 Å². The van der Waals surface area contributed by atoms with E-state index in [0.717, 1.165) is 6.07 Å². The largest absolute Gasteiger partial charge is 0.321 e. The fourth-order valence-corrected chi connectivity index (χ4v) is 3.07. The van der Waals surface area contributed by atoms with E-state index in [-0.39, 0.29) is 32.4 Å². The summed E-state index contributed by atoms with van der Waals surface area (Å²) in [4.78, 5) is 22.7. The van der Waals surface area contributed by atoms with Crippen molar-refractivity contribution in [2.24, 2.45) is 0 Å². The van der Waals surface area contributed by atoms with Crippen LogP contribution in [0.2, 0.25) is 5.02 Å². The first-order valence-corrected chi connectivity index (χ1v) is 8.82. The average Bonchev–Trinajstić information content (AvgIpc) is 2.56. The van der Waals surface area contributed by atoms with Crippen molar-refractivity contribution in [2.45, 2.75) is 11.8 Å². The summed E-state index contributed by atoms with van der Waals surface area (Å²) in [5, 5.41) is 13.5. The lowest BCUT2D eigenvalue weighted by molar-refractivity contribution is -0.385. The molecular weight excluding hydrogens is 370 g/mol. The highest BCUT2D eigenvalue weighted by Crippen LogP contribution is 2.27. The van der Waals surface area contributed by atoms with E-state index >= 15 is 0 Å². The number of nitrogens with zero attached hydrogens (tertiary/aromatic N) is 1. The molecule has 1 amide bonds. The molecule has 8 nitrogen and oxygen atoms in total. The Kier molecular flexibility index (Phi) is 5.41. The second kappa shape index (κ2) is 7.18. The number of benzene rings is 2. The van der Waals surface area contributed by atoms with Crippen molar-refractivity contribution in [3.05, 3.63) is 62.7 Å². The molecule has 0 aromatic heterocycles. The zero-order valence-corrected chi connectivity index (χ0v) is 14.8. The van der Waals surface area contributed by atoms with E-state index < -0.39 is 20.9 Å². The Hall–Kier alpha value is -2.49. The summed E-state index contributed by atoms with van der Waals surface area (Å²) < 4.78 is 25.9. The highest BCUT2D eigenvalue weighted by Gasteiger charge is 2.19. The summed E-state index contributed by atoms with van der Waals surface area (Å²) in [6.45, 7) is 1.50. The molecule has 0 aliphatic rings. The SMILES string of the molecule is CNS(=O)(=O)c1ccc(Cl)c(C(=O)Nc2cccc([N+](=O)[O-])c2C)c1. The lowest BCUT2D eigenvalue weighted by Gasteiger charge is -2.11. The Morgan fingerprint density at radius 3 is 2.52 bits per heavy atom. The van der Waals surface area contributed by atoms with Crippen LogP contribution in [0, 0.1) is 17.0 Å². The zero-order chi connectivity index (χ0) is 18.8. The lowest BCUT2D eigenvalue weighted by Crippen LogP contribution is -2.20. The number of amides is 1. The Balaban J connectivity index is 2.41. The molecule has 0 aliphatic heterocycles. The molecule has 0 saturated heterocycles. The van der Waals surface area contributed by atoms with E-state index in [0.29, 0.717) is 0 Å². The van der Waals surface area contributed by atoms with Crippen LogP contribution < -0.4 is 10.0 Å². The van der Waals surface area contributed by atoms with Gasteiger partial charge in [0.1, 0.15) is 0 Å². The summed E-state index contributed by atoms with van der Waals surface area (Å²) in [5.41, 5.74) is 0.299. The predicted octanol–water partition coefficient (Wildman–Crippen LogP) is 2.72. The lowest BCUT2D eigenvalue weighted by atomic mass is 10.1. The van der Waals surface area contributed by atoms with Crippen LogP contribution in [0.5, 0.6) is 0 Å². The second-order valence-electron chi connectivity index (χ2n) is 5.01. The van der Waals surface area contributed by atoms with Crippen molar-refractivity contribution in [1.29, 1.82) is 0 Å². The van der Waals surface area contributed by atoms with Crippen molar-refractivity contribution >= 4 is 38.9 Å². The third-order valence-corrected chi connectivity index (χ3v) is 5.25. The number of hydrogen-bond donors (Lipinski definition) is 2. The summed E-state index contributed by atoms with van der Waals surface area (Å²) in [7, 11) is -2.50. The highest BCUT2D eigenvalue weighted by molar-refractivity contribution is 7.89. The smallest absolute Gasteiger partial charge is 0.274 e. The maximum atomic E-state index is 12.5. The summed E-state index contributed by atoms with van der Waals surface area (Å²) >= 11 is 5.99. The van der Waals surface area contributed by atoms with Gasteiger partial charge >= 0.3 is 0 Å². The number of rotatable bonds is 5. The second-order valence-corrected chi connectivity index (χ2v) is 7.30. The minimum absolute atomic E-state index is 0.0515. The minimum Gasteiger partial charge on any atom is -0.321 e. The van der Waals surface area contributed by atoms with Gasteiger partial charge in [0.05, 0.1) is 31.7 Å². The number of halogens is 1. The van der Waals surface area contributed by atoms with E-state index in [2.05, 4.69) is 10.0 Å². The first-order valence-electron chi connectivity index (χ1n) is 6.96. The topological polar surface area (TPSA) is 118 Å².